The molecule has 0 radical (unpaired) electrons. The SMILES string of the molecule is [2H]C(N)(C(=O)[O-])C([2H])([2H])C(C)C. The van der Waals surface area contributed by atoms with E-state index in [0.29, 0.717) is 0 Å². The van der Waals surface area contributed by atoms with Crippen LogP contribution in [0.25, 0.3) is 0 Å². The van der Waals surface area contributed by atoms with E-state index in [4.69, 9.17) is 9.85 Å². The van der Waals surface area contributed by atoms with Crippen LogP contribution in [0, 0.1) is 5.92 Å². The van der Waals surface area contributed by atoms with Gasteiger partial charge >= 0.3 is 0 Å². The molecule has 0 saturated heterocycles. The maximum atomic E-state index is 10.3. The molecule has 0 aliphatic carbocycles. The lowest BCUT2D eigenvalue weighted by molar-refractivity contribution is -0.307. The number of hydrogen-bond donors (Lipinski definition) is 1. The quantitative estimate of drug-likeness (QED) is 0.543. The summed E-state index contributed by atoms with van der Waals surface area (Å²) in [5.74, 6) is -2.56. The highest BCUT2D eigenvalue weighted by Gasteiger charge is 2.04. The minimum Gasteiger partial charge on any atom is -0.548 e. The molecule has 0 amide bonds. The molecule has 0 saturated carbocycles. The van der Waals surface area contributed by atoms with Crippen molar-refractivity contribution in [2.45, 2.75) is 26.2 Å². The second kappa shape index (κ2) is 3.45. The van der Waals surface area contributed by atoms with Crippen molar-refractivity contribution in [2.24, 2.45) is 11.7 Å². The van der Waals surface area contributed by atoms with Gasteiger partial charge in [0, 0.05) is 8.76 Å². The van der Waals surface area contributed by atoms with Gasteiger partial charge in [-0.3, -0.25) is 0 Å². The minimum atomic E-state index is -2.69. The highest BCUT2D eigenvalue weighted by Crippen LogP contribution is 2.00. The lowest BCUT2D eigenvalue weighted by Crippen LogP contribution is -2.42. The monoisotopic (exact) mass is 133 g/mol. The van der Waals surface area contributed by atoms with Gasteiger partial charge in [-0.05, 0) is 12.3 Å². The van der Waals surface area contributed by atoms with Crippen LogP contribution in [0.3, 0.4) is 0 Å². The van der Waals surface area contributed by atoms with Crippen molar-refractivity contribution in [2.75, 3.05) is 0 Å². The Labute approximate surface area is 59.1 Å². The predicted molar refractivity (Wildman–Crippen MR) is 32.4 cm³/mol. The van der Waals surface area contributed by atoms with E-state index in [0.717, 1.165) is 0 Å². The van der Waals surface area contributed by atoms with Gasteiger partial charge < -0.3 is 15.6 Å². The third kappa shape index (κ3) is 3.97. The van der Waals surface area contributed by atoms with Crippen LogP contribution in [0.2, 0.25) is 0 Å². The topological polar surface area (TPSA) is 66.2 Å². The predicted octanol–water partition coefficient (Wildman–Crippen LogP) is -0.890. The average Bonchev–Trinajstić information content (AvgIpc) is 1.86. The van der Waals surface area contributed by atoms with Gasteiger partial charge in [0.1, 0.15) is 0 Å². The van der Waals surface area contributed by atoms with Gasteiger partial charge in [-0.25, -0.2) is 0 Å². The average molecular weight is 133 g/mol. The number of aliphatic carboxylic acids is 1. The molecular formula is C6H12NO2-. The van der Waals surface area contributed by atoms with E-state index in [-0.39, 0.29) is 0 Å². The fourth-order valence-corrected chi connectivity index (χ4v) is 0.370. The summed E-state index contributed by atoms with van der Waals surface area (Å²) in [4.78, 5) is 10.3. The molecule has 1 atom stereocenters. The summed E-state index contributed by atoms with van der Waals surface area (Å²) in [7, 11) is 0. The molecule has 0 aliphatic rings. The van der Waals surface area contributed by atoms with E-state index in [9.17, 15) is 9.90 Å². The van der Waals surface area contributed by atoms with E-state index >= 15 is 0 Å². The zero-order chi connectivity index (χ0) is 10.2. The maximum Gasteiger partial charge on any atom is 0.0582 e. The molecule has 0 fully saturated rings. The summed E-state index contributed by atoms with van der Waals surface area (Å²) in [6.45, 7) is 2.91. The van der Waals surface area contributed by atoms with Crippen LogP contribution in [0.15, 0.2) is 0 Å². The van der Waals surface area contributed by atoms with Crippen LogP contribution in [-0.2, 0) is 4.79 Å². The number of carboxylic acids is 1. The van der Waals surface area contributed by atoms with E-state index in [1.165, 1.54) is 13.8 Å². The molecule has 0 aromatic rings. The standard InChI is InChI=1S/C6H13NO2/c1-4(2)3-5(7)6(8)9/h4-5H,3,7H2,1-2H3,(H,8,9)/p-1/i3D2,5D. The zero-order valence-electron chi connectivity index (χ0n) is 8.47. The zero-order valence-corrected chi connectivity index (χ0v) is 5.47. The Kier molecular flexibility index (Phi) is 1.64. The first-order chi connectivity index (χ1) is 5.14. The fraction of sp³-hybridized carbons (Fsp3) is 0.833. The summed E-state index contributed by atoms with van der Waals surface area (Å²) in [5, 5.41) is 10.3. The van der Waals surface area contributed by atoms with Crippen molar-refractivity contribution in [3.05, 3.63) is 0 Å². The number of nitrogens with two attached hydrogens (primary N) is 1. The van der Waals surface area contributed by atoms with Crippen molar-refractivity contribution in [3.8, 4) is 0 Å². The Balaban J connectivity index is 4.88. The van der Waals surface area contributed by atoms with Gasteiger partial charge in [-0.15, -0.1) is 0 Å². The van der Waals surface area contributed by atoms with Gasteiger partial charge in [-0.2, -0.15) is 0 Å². The maximum absolute atomic E-state index is 10.3. The first-order valence-corrected chi connectivity index (χ1v) is 2.64. The Bertz CT molecular complexity index is 191. The first kappa shape index (κ1) is 4.28. The number of carbonyl (C=O) groups is 1. The van der Waals surface area contributed by atoms with Crippen LogP contribution >= 0.6 is 0 Å². The summed E-state index contributed by atoms with van der Waals surface area (Å²) < 4.78 is 21.5. The Morgan fingerprint density at radius 1 is 2.00 bits per heavy atom. The molecule has 9 heavy (non-hydrogen) atoms. The summed E-state index contributed by atoms with van der Waals surface area (Å²) in [6.07, 6.45) is -2.30. The molecular weight excluding hydrogens is 118 g/mol. The van der Waals surface area contributed by atoms with Crippen molar-refractivity contribution in [3.63, 3.8) is 0 Å². The molecule has 3 heteroatoms. The smallest absolute Gasteiger partial charge is 0.0582 e. The Morgan fingerprint density at radius 2 is 2.44 bits per heavy atom. The molecule has 0 rings (SSSR count). The summed E-state index contributed by atoms with van der Waals surface area (Å²) >= 11 is 0. The molecule has 3 nitrogen and oxygen atoms in total. The second-order valence-corrected chi connectivity index (χ2v) is 2.00. The Hall–Kier alpha value is -0.570. The number of hydrogen-bond acceptors (Lipinski definition) is 3. The second-order valence-electron chi connectivity index (χ2n) is 2.00. The number of carboxylic acid groups (broad SMARTS) is 1. The van der Waals surface area contributed by atoms with Gasteiger partial charge in [0.25, 0.3) is 0 Å². The van der Waals surface area contributed by atoms with E-state index in [1.807, 2.05) is 0 Å². The molecule has 0 aliphatic heterocycles. The normalized spacial score (nSPS) is 23.8. The third-order valence-electron chi connectivity index (χ3n) is 0.664. The molecule has 2 N–H and O–H groups in total. The van der Waals surface area contributed by atoms with Gasteiger partial charge in [0.05, 0.1) is 7.34 Å². The van der Waals surface area contributed by atoms with Crippen molar-refractivity contribution in [1.82, 2.24) is 0 Å². The van der Waals surface area contributed by atoms with Gasteiger partial charge in [-0.1, -0.05) is 13.8 Å². The van der Waals surface area contributed by atoms with Crippen LogP contribution in [0.5, 0.6) is 0 Å². The molecule has 0 bridgehead atoms. The van der Waals surface area contributed by atoms with Gasteiger partial charge in [0.15, 0.2) is 0 Å². The summed E-state index contributed by atoms with van der Waals surface area (Å²) in [6, 6.07) is -2.69. The lowest BCUT2D eigenvalue weighted by atomic mass is 10.1. The van der Waals surface area contributed by atoms with Crippen molar-refractivity contribution in [1.29, 1.82) is 0 Å². The molecule has 1 unspecified atom stereocenters. The minimum absolute atomic E-state index is 0.655. The highest BCUT2D eigenvalue weighted by atomic mass is 16.4. The van der Waals surface area contributed by atoms with Crippen LogP contribution < -0.4 is 10.8 Å². The number of rotatable bonds is 3. The van der Waals surface area contributed by atoms with Crippen LogP contribution in [-0.4, -0.2) is 12.0 Å². The number of carbonyl (C=O) groups excluding carboxylic acids is 1. The van der Waals surface area contributed by atoms with Gasteiger partial charge in [0.2, 0.25) is 0 Å². The molecule has 0 aromatic heterocycles. The first-order valence-electron chi connectivity index (χ1n) is 4.14. The fourth-order valence-electron chi connectivity index (χ4n) is 0.370. The van der Waals surface area contributed by atoms with Crippen molar-refractivity contribution < 1.29 is 14.0 Å². The van der Waals surface area contributed by atoms with Crippen LogP contribution in [0.1, 0.15) is 24.3 Å². The highest BCUT2D eigenvalue weighted by molar-refractivity contribution is 5.70. The molecule has 0 spiro atoms. The largest absolute Gasteiger partial charge is 0.548 e. The van der Waals surface area contributed by atoms with E-state index < -0.39 is 24.3 Å². The summed E-state index contributed by atoms with van der Waals surface area (Å²) in [5.41, 5.74) is 4.97. The van der Waals surface area contributed by atoms with E-state index in [1.54, 1.807) is 0 Å². The molecule has 54 valence electrons. The lowest BCUT2D eigenvalue weighted by Gasteiger charge is -2.13. The third-order valence-corrected chi connectivity index (χ3v) is 0.664. The van der Waals surface area contributed by atoms with E-state index in [2.05, 4.69) is 0 Å². The Morgan fingerprint density at radius 3 is 2.56 bits per heavy atom. The molecule has 0 heterocycles. The molecule has 0 aromatic carbocycles. The van der Waals surface area contributed by atoms with Crippen LogP contribution in [0.4, 0.5) is 0 Å². The van der Waals surface area contributed by atoms with Crippen molar-refractivity contribution >= 4 is 5.97 Å².